The molecule has 0 unspecified atom stereocenters. The Hall–Kier alpha value is -1.30. The van der Waals surface area contributed by atoms with Gasteiger partial charge in [0.2, 0.25) is 0 Å². The van der Waals surface area contributed by atoms with E-state index < -0.39 is 0 Å². The summed E-state index contributed by atoms with van der Waals surface area (Å²) in [6.45, 7) is 4.18. The number of amidine groups is 1. The van der Waals surface area contributed by atoms with Crippen LogP contribution in [0.3, 0.4) is 0 Å². The molecule has 5 heteroatoms. The molecule has 0 amide bonds. The lowest BCUT2D eigenvalue weighted by molar-refractivity contribution is 0.301. The van der Waals surface area contributed by atoms with Crippen molar-refractivity contribution in [2.45, 2.75) is 13.3 Å². The van der Waals surface area contributed by atoms with E-state index in [2.05, 4.69) is 40.4 Å². The molecule has 0 bridgehead atoms. The number of hydrogen-bond acceptors (Lipinski definition) is 5. The molecule has 0 saturated carbocycles. The maximum absolute atomic E-state index is 9.38. The molecular weight excluding hydrogens is 300 g/mol. The summed E-state index contributed by atoms with van der Waals surface area (Å²) in [5.74, 6) is 0. The van der Waals surface area contributed by atoms with Gasteiger partial charge in [-0.3, -0.25) is 4.99 Å². The maximum Gasteiger partial charge on any atom is 0.168 e. The zero-order valence-corrected chi connectivity index (χ0v) is 13.4. The monoisotopic (exact) mass is 316 g/mol. The van der Waals surface area contributed by atoms with Gasteiger partial charge >= 0.3 is 0 Å². The van der Waals surface area contributed by atoms with Gasteiger partial charge in [0.1, 0.15) is 0 Å². The normalized spacial score (nSPS) is 17.8. The largest absolute Gasteiger partial charge is 0.396 e. The summed E-state index contributed by atoms with van der Waals surface area (Å²) in [6, 6.07) is 6.52. The van der Waals surface area contributed by atoms with Crippen molar-refractivity contribution in [3.63, 3.8) is 0 Å². The molecule has 0 aliphatic carbocycles. The van der Waals surface area contributed by atoms with Crippen LogP contribution >= 0.6 is 23.1 Å². The minimum atomic E-state index is 0.186. The Labute approximate surface area is 132 Å². The van der Waals surface area contributed by atoms with Crippen LogP contribution in [0.25, 0.3) is 15.8 Å². The summed E-state index contributed by atoms with van der Waals surface area (Å²) >= 11 is 3.52. The third-order valence-electron chi connectivity index (χ3n) is 3.93. The zero-order valence-electron chi connectivity index (χ0n) is 11.8. The van der Waals surface area contributed by atoms with Crippen LogP contribution in [0.4, 0.5) is 0 Å². The quantitative estimate of drug-likeness (QED) is 0.938. The summed E-state index contributed by atoms with van der Waals surface area (Å²) < 4.78 is 1.33. The van der Waals surface area contributed by atoms with Gasteiger partial charge in [-0.25, -0.2) is 0 Å². The Balaban J connectivity index is 1.94. The van der Waals surface area contributed by atoms with Gasteiger partial charge in [-0.1, -0.05) is 23.9 Å². The molecule has 1 N–H and O–H groups in total. The first-order chi connectivity index (χ1) is 10.3. The fourth-order valence-electron chi connectivity index (χ4n) is 3.04. The van der Waals surface area contributed by atoms with Gasteiger partial charge in [0.15, 0.2) is 5.17 Å². The summed E-state index contributed by atoms with van der Waals surface area (Å²) in [7, 11) is 0. The smallest absolute Gasteiger partial charge is 0.168 e. The highest BCUT2D eigenvalue weighted by Crippen LogP contribution is 2.45. The van der Waals surface area contributed by atoms with Crippen LogP contribution in [0, 0.1) is 6.92 Å². The van der Waals surface area contributed by atoms with E-state index in [1.807, 2.05) is 0 Å². The molecule has 4 rings (SSSR count). The molecule has 3 heterocycles. The van der Waals surface area contributed by atoms with E-state index in [9.17, 15) is 5.11 Å². The van der Waals surface area contributed by atoms with Gasteiger partial charge in [-0.15, -0.1) is 11.3 Å². The molecule has 2 aliphatic heterocycles. The zero-order chi connectivity index (χ0) is 14.4. The molecule has 3 nitrogen and oxygen atoms in total. The Bertz CT molecular complexity index is 776. The Morgan fingerprint density at radius 2 is 2.29 bits per heavy atom. The summed E-state index contributed by atoms with van der Waals surface area (Å²) in [6.07, 6.45) is 0.703. The molecule has 1 aromatic heterocycles. The van der Waals surface area contributed by atoms with Crippen molar-refractivity contribution in [2.75, 3.05) is 19.7 Å². The van der Waals surface area contributed by atoms with Gasteiger partial charge < -0.3 is 10.0 Å². The number of thiophene rings is 1. The first-order valence-corrected chi connectivity index (χ1v) is 8.80. The standard InChI is InChI=1S/C16H16N2OS2/c1-10-9-20-12-4-2-3-11(14(10)12)15-13(5-8-19)21-16-17-6-7-18(15)16/h2-4,9,19H,5-8H2,1H3. The van der Waals surface area contributed by atoms with E-state index in [4.69, 9.17) is 0 Å². The molecule has 21 heavy (non-hydrogen) atoms. The van der Waals surface area contributed by atoms with Crippen LogP contribution in [0.5, 0.6) is 0 Å². The Morgan fingerprint density at radius 3 is 3.14 bits per heavy atom. The molecule has 2 aromatic rings. The van der Waals surface area contributed by atoms with E-state index in [0.29, 0.717) is 6.42 Å². The number of aliphatic hydroxyl groups excluding tert-OH is 1. The van der Waals surface area contributed by atoms with E-state index in [1.54, 1.807) is 23.1 Å². The summed E-state index contributed by atoms with van der Waals surface area (Å²) in [5, 5.41) is 14.0. The number of thioether (sulfide) groups is 1. The van der Waals surface area contributed by atoms with E-state index in [-0.39, 0.29) is 6.61 Å². The van der Waals surface area contributed by atoms with Crippen molar-refractivity contribution in [2.24, 2.45) is 4.99 Å². The van der Waals surface area contributed by atoms with Crippen molar-refractivity contribution in [3.8, 4) is 0 Å². The van der Waals surface area contributed by atoms with Crippen LogP contribution < -0.4 is 0 Å². The average Bonchev–Trinajstić information content (AvgIpc) is 3.14. The van der Waals surface area contributed by atoms with E-state index in [1.165, 1.54) is 31.8 Å². The van der Waals surface area contributed by atoms with Crippen molar-refractivity contribution in [1.82, 2.24) is 4.90 Å². The first-order valence-electron chi connectivity index (χ1n) is 7.10. The fraction of sp³-hybridized carbons (Fsp3) is 0.312. The number of aryl methyl sites for hydroxylation is 1. The predicted octanol–water partition coefficient (Wildman–Crippen LogP) is 3.68. The Kier molecular flexibility index (Phi) is 3.28. The minimum Gasteiger partial charge on any atom is -0.396 e. The molecule has 0 spiro atoms. The number of aliphatic imine (C=N–C) groups is 1. The highest BCUT2D eigenvalue weighted by molar-refractivity contribution is 8.17. The topological polar surface area (TPSA) is 35.8 Å². The number of hydrogen-bond donors (Lipinski definition) is 1. The second-order valence-corrected chi connectivity index (χ2v) is 7.23. The highest BCUT2D eigenvalue weighted by Gasteiger charge is 2.33. The molecule has 0 radical (unpaired) electrons. The maximum atomic E-state index is 9.38. The number of fused-ring (bicyclic) bond motifs is 2. The second-order valence-electron chi connectivity index (χ2n) is 5.26. The van der Waals surface area contributed by atoms with Crippen molar-refractivity contribution >= 4 is 44.0 Å². The number of nitrogens with zero attached hydrogens (tertiary/aromatic N) is 2. The molecule has 0 saturated heterocycles. The van der Waals surface area contributed by atoms with E-state index >= 15 is 0 Å². The SMILES string of the molecule is Cc1csc2cccc(C3=C(CCO)SC4=NCCN43)c12. The fourth-order valence-corrected chi connectivity index (χ4v) is 5.19. The second kappa shape index (κ2) is 5.16. The lowest BCUT2D eigenvalue weighted by atomic mass is 10.0. The average molecular weight is 316 g/mol. The van der Waals surface area contributed by atoms with Gasteiger partial charge in [0.25, 0.3) is 0 Å². The van der Waals surface area contributed by atoms with Gasteiger partial charge in [-0.05, 0) is 23.9 Å². The molecule has 1 aromatic carbocycles. The van der Waals surface area contributed by atoms with Crippen LogP contribution in [0.15, 0.2) is 33.5 Å². The summed E-state index contributed by atoms with van der Waals surface area (Å²) in [4.78, 5) is 8.15. The first kappa shape index (κ1) is 13.4. The van der Waals surface area contributed by atoms with Gasteiger partial charge in [-0.2, -0.15) is 0 Å². The Morgan fingerprint density at radius 1 is 1.38 bits per heavy atom. The third kappa shape index (κ3) is 2.03. The number of rotatable bonds is 3. The molecular formula is C16H16N2OS2. The minimum absolute atomic E-state index is 0.186. The third-order valence-corrected chi connectivity index (χ3v) is 6.17. The lowest BCUT2D eigenvalue weighted by Gasteiger charge is -2.18. The van der Waals surface area contributed by atoms with Crippen molar-refractivity contribution in [1.29, 1.82) is 0 Å². The molecule has 0 fully saturated rings. The van der Waals surface area contributed by atoms with Crippen LogP contribution in [-0.2, 0) is 0 Å². The molecule has 108 valence electrons. The predicted molar refractivity (Wildman–Crippen MR) is 91.8 cm³/mol. The van der Waals surface area contributed by atoms with Crippen LogP contribution in [0.1, 0.15) is 17.5 Å². The lowest BCUT2D eigenvalue weighted by Crippen LogP contribution is -2.20. The molecule has 2 aliphatic rings. The highest BCUT2D eigenvalue weighted by atomic mass is 32.2. The van der Waals surface area contributed by atoms with Gasteiger partial charge in [0, 0.05) is 40.1 Å². The molecule has 0 atom stereocenters. The van der Waals surface area contributed by atoms with Crippen molar-refractivity contribution < 1.29 is 5.11 Å². The number of benzene rings is 1. The summed E-state index contributed by atoms with van der Waals surface area (Å²) in [5.41, 5.74) is 3.88. The van der Waals surface area contributed by atoms with Crippen LogP contribution in [-0.4, -0.2) is 34.9 Å². The number of aliphatic hydroxyl groups is 1. The van der Waals surface area contributed by atoms with E-state index in [0.717, 1.165) is 18.3 Å². The van der Waals surface area contributed by atoms with Gasteiger partial charge in [0.05, 0.1) is 12.2 Å². The van der Waals surface area contributed by atoms with Crippen molar-refractivity contribution in [3.05, 3.63) is 39.6 Å². The van der Waals surface area contributed by atoms with Crippen LogP contribution in [0.2, 0.25) is 0 Å².